The molecular formula is C20H29ClN4O. The van der Waals surface area contributed by atoms with E-state index >= 15 is 0 Å². The topological polar surface area (TPSA) is 82.9 Å². The smallest absolute Gasteiger partial charge is 0.267 e. The lowest BCUT2D eigenvalue weighted by atomic mass is 10.1. The molecule has 2 aromatic rings. The van der Waals surface area contributed by atoms with E-state index in [-0.39, 0.29) is 18.3 Å². The van der Waals surface area contributed by atoms with Crippen LogP contribution in [0.1, 0.15) is 41.7 Å². The van der Waals surface area contributed by atoms with Crippen LogP contribution in [-0.4, -0.2) is 36.6 Å². The first-order chi connectivity index (χ1) is 12.2. The third-order valence-electron chi connectivity index (χ3n) is 5.63. The van der Waals surface area contributed by atoms with Crippen LogP contribution in [0, 0.1) is 11.8 Å². The first kappa shape index (κ1) is 19.2. The molecule has 0 spiro atoms. The standard InChI is InChI=1S/C20H28N4O.ClH/c21-10-15-7-17(22-11-15)12-23-20(25)19-9-16-6-5-14(8-18(16)24-19)4-3-13-1-2-13;/h5-6,8-9,13,15,17,22,24H,1-4,7,10-12,21H2,(H,23,25);1H/t15-,17-;/m0./s1. The normalized spacial score (nSPS) is 22.3. The van der Waals surface area contributed by atoms with Crippen molar-refractivity contribution in [1.82, 2.24) is 15.6 Å². The van der Waals surface area contributed by atoms with Gasteiger partial charge in [-0.15, -0.1) is 12.4 Å². The summed E-state index contributed by atoms with van der Waals surface area (Å²) >= 11 is 0. The molecule has 4 rings (SSSR count). The van der Waals surface area contributed by atoms with Gasteiger partial charge in [0.2, 0.25) is 0 Å². The summed E-state index contributed by atoms with van der Waals surface area (Å²) in [6, 6.07) is 8.78. The molecule has 0 bridgehead atoms. The van der Waals surface area contributed by atoms with Crippen molar-refractivity contribution in [2.45, 2.75) is 38.1 Å². The number of aryl methyl sites for hydroxylation is 1. The van der Waals surface area contributed by atoms with Gasteiger partial charge in [-0.2, -0.15) is 0 Å². The molecule has 6 heteroatoms. The first-order valence-electron chi connectivity index (χ1n) is 9.54. The summed E-state index contributed by atoms with van der Waals surface area (Å²) in [6.45, 7) is 2.31. The Balaban J connectivity index is 0.00000196. The minimum Gasteiger partial charge on any atom is -0.351 e. The molecule has 2 fully saturated rings. The highest BCUT2D eigenvalue weighted by atomic mass is 35.5. The number of benzene rings is 1. The van der Waals surface area contributed by atoms with E-state index in [4.69, 9.17) is 5.73 Å². The van der Waals surface area contributed by atoms with Crippen LogP contribution in [0.5, 0.6) is 0 Å². The molecule has 0 radical (unpaired) electrons. The summed E-state index contributed by atoms with van der Waals surface area (Å²) < 4.78 is 0. The Morgan fingerprint density at radius 1 is 1.23 bits per heavy atom. The molecule has 142 valence electrons. The molecule has 1 aliphatic carbocycles. The van der Waals surface area contributed by atoms with E-state index in [0.717, 1.165) is 36.2 Å². The number of aromatic nitrogens is 1. The van der Waals surface area contributed by atoms with Crippen molar-refractivity contribution in [1.29, 1.82) is 0 Å². The zero-order valence-electron chi connectivity index (χ0n) is 15.1. The number of H-pyrrole nitrogens is 1. The average Bonchev–Trinajstić information content (AvgIpc) is 3.18. The van der Waals surface area contributed by atoms with E-state index in [0.29, 0.717) is 30.7 Å². The van der Waals surface area contributed by atoms with Crippen molar-refractivity contribution in [2.24, 2.45) is 17.6 Å². The quantitative estimate of drug-likeness (QED) is 0.599. The number of rotatable bonds is 7. The molecule has 1 saturated heterocycles. The number of nitrogens with two attached hydrogens (primary N) is 1. The van der Waals surface area contributed by atoms with Crippen LogP contribution in [0.4, 0.5) is 0 Å². The zero-order valence-corrected chi connectivity index (χ0v) is 15.9. The molecule has 5 nitrogen and oxygen atoms in total. The third-order valence-corrected chi connectivity index (χ3v) is 5.63. The molecule has 1 saturated carbocycles. The van der Waals surface area contributed by atoms with Crippen molar-refractivity contribution in [3.63, 3.8) is 0 Å². The lowest BCUT2D eigenvalue weighted by Gasteiger charge is -2.11. The van der Waals surface area contributed by atoms with E-state index in [1.54, 1.807) is 0 Å². The Hall–Kier alpha value is -1.56. The van der Waals surface area contributed by atoms with Crippen molar-refractivity contribution in [3.05, 3.63) is 35.5 Å². The Kier molecular flexibility index (Phi) is 6.22. The van der Waals surface area contributed by atoms with Gasteiger partial charge in [0.1, 0.15) is 5.69 Å². The Bertz CT molecular complexity index is 755. The van der Waals surface area contributed by atoms with Gasteiger partial charge in [-0.05, 0) is 61.9 Å². The van der Waals surface area contributed by atoms with E-state index in [9.17, 15) is 4.79 Å². The fourth-order valence-corrected chi connectivity index (χ4v) is 3.78. The number of hydrogen-bond donors (Lipinski definition) is 4. The molecule has 26 heavy (non-hydrogen) atoms. The largest absolute Gasteiger partial charge is 0.351 e. The molecule has 1 aliphatic heterocycles. The Morgan fingerprint density at radius 3 is 2.81 bits per heavy atom. The number of amides is 1. The minimum atomic E-state index is -0.0336. The van der Waals surface area contributed by atoms with Gasteiger partial charge in [-0.1, -0.05) is 25.0 Å². The second-order valence-electron chi connectivity index (χ2n) is 7.74. The molecule has 1 amide bonds. The average molecular weight is 377 g/mol. The van der Waals surface area contributed by atoms with Gasteiger partial charge in [-0.25, -0.2) is 0 Å². The molecule has 0 unspecified atom stereocenters. The number of aromatic amines is 1. The fourth-order valence-electron chi connectivity index (χ4n) is 3.78. The van der Waals surface area contributed by atoms with Gasteiger partial charge in [0, 0.05) is 23.5 Å². The number of hydrogen-bond acceptors (Lipinski definition) is 3. The first-order valence-corrected chi connectivity index (χ1v) is 9.54. The summed E-state index contributed by atoms with van der Waals surface area (Å²) in [5.41, 5.74) is 8.76. The SMILES string of the molecule is Cl.NC[C@H]1CN[C@H](CNC(=O)c2cc3ccc(CCC4CC4)cc3[nH]2)C1. The van der Waals surface area contributed by atoms with Gasteiger partial charge in [-0.3, -0.25) is 4.79 Å². The van der Waals surface area contributed by atoms with Crippen LogP contribution < -0.4 is 16.4 Å². The summed E-state index contributed by atoms with van der Waals surface area (Å²) in [7, 11) is 0. The van der Waals surface area contributed by atoms with E-state index < -0.39 is 0 Å². The van der Waals surface area contributed by atoms with Crippen LogP contribution in [-0.2, 0) is 6.42 Å². The number of fused-ring (bicyclic) bond motifs is 1. The maximum absolute atomic E-state index is 12.4. The fraction of sp³-hybridized carbons (Fsp3) is 0.550. The summed E-state index contributed by atoms with van der Waals surface area (Å²) in [4.78, 5) is 15.7. The third kappa shape index (κ3) is 4.58. The molecule has 1 aromatic carbocycles. The lowest BCUT2D eigenvalue weighted by molar-refractivity contribution is 0.0946. The second kappa shape index (κ2) is 8.42. The Labute approximate surface area is 160 Å². The van der Waals surface area contributed by atoms with Crippen molar-refractivity contribution >= 4 is 29.2 Å². The molecule has 2 aliphatic rings. The van der Waals surface area contributed by atoms with Crippen LogP contribution in [0.15, 0.2) is 24.3 Å². The number of nitrogens with one attached hydrogen (secondary N) is 3. The van der Waals surface area contributed by atoms with Crippen molar-refractivity contribution in [3.8, 4) is 0 Å². The summed E-state index contributed by atoms with van der Waals surface area (Å²) in [5, 5.41) is 7.56. The molecule has 2 heterocycles. The molecule has 2 atom stereocenters. The molecule has 5 N–H and O–H groups in total. The zero-order chi connectivity index (χ0) is 17.2. The number of halogens is 1. The predicted molar refractivity (Wildman–Crippen MR) is 108 cm³/mol. The van der Waals surface area contributed by atoms with E-state index in [1.165, 1.54) is 24.8 Å². The number of carbonyl (C=O) groups excluding carboxylic acids is 1. The summed E-state index contributed by atoms with van der Waals surface area (Å²) in [5.74, 6) is 1.45. The van der Waals surface area contributed by atoms with Gasteiger partial charge < -0.3 is 21.4 Å². The highest BCUT2D eigenvalue weighted by molar-refractivity contribution is 5.98. The van der Waals surface area contributed by atoms with E-state index in [1.807, 2.05) is 6.07 Å². The predicted octanol–water partition coefficient (Wildman–Crippen LogP) is 2.60. The van der Waals surface area contributed by atoms with Crippen molar-refractivity contribution in [2.75, 3.05) is 19.6 Å². The molecule has 1 aromatic heterocycles. The lowest BCUT2D eigenvalue weighted by Crippen LogP contribution is -2.37. The van der Waals surface area contributed by atoms with E-state index in [2.05, 4.69) is 33.8 Å². The Morgan fingerprint density at radius 2 is 2.08 bits per heavy atom. The number of carbonyl (C=O) groups is 1. The monoisotopic (exact) mass is 376 g/mol. The summed E-state index contributed by atoms with van der Waals surface area (Å²) in [6.07, 6.45) is 6.26. The highest BCUT2D eigenvalue weighted by Gasteiger charge is 2.23. The van der Waals surface area contributed by atoms with Gasteiger partial charge in [0.15, 0.2) is 0 Å². The maximum atomic E-state index is 12.4. The minimum absolute atomic E-state index is 0. The maximum Gasteiger partial charge on any atom is 0.267 e. The van der Waals surface area contributed by atoms with Crippen LogP contribution in [0.2, 0.25) is 0 Å². The molecular weight excluding hydrogens is 348 g/mol. The van der Waals surface area contributed by atoms with Crippen LogP contribution in [0.25, 0.3) is 10.9 Å². The van der Waals surface area contributed by atoms with Crippen LogP contribution >= 0.6 is 12.4 Å². The van der Waals surface area contributed by atoms with Crippen molar-refractivity contribution < 1.29 is 4.79 Å². The van der Waals surface area contributed by atoms with Gasteiger partial charge in [0.05, 0.1) is 0 Å². The highest BCUT2D eigenvalue weighted by Crippen LogP contribution is 2.33. The second-order valence-corrected chi connectivity index (χ2v) is 7.74. The van der Waals surface area contributed by atoms with Gasteiger partial charge in [0.25, 0.3) is 5.91 Å². The van der Waals surface area contributed by atoms with Crippen LogP contribution in [0.3, 0.4) is 0 Å². The van der Waals surface area contributed by atoms with Gasteiger partial charge >= 0.3 is 0 Å².